The van der Waals surface area contributed by atoms with E-state index in [2.05, 4.69) is 37.4 Å². The lowest BCUT2D eigenvalue weighted by Gasteiger charge is -2.12. The van der Waals surface area contributed by atoms with Gasteiger partial charge in [0.25, 0.3) is 0 Å². The number of hydrogen-bond donors (Lipinski definition) is 2. The molecular formula is C16H19NO2. The van der Waals surface area contributed by atoms with Crippen LogP contribution in [0.3, 0.4) is 0 Å². The first-order chi connectivity index (χ1) is 9.11. The van der Waals surface area contributed by atoms with E-state index in [-0.39, 0.29) is 5.75 Å². The summed E-state index contributed by atoms with van der Waals surface area (Å²) in [5, 5.41) is 13.3. The van der Waals surface area contributed by atoms with Crippen molar-refractivity contribution in [3.8, 4) is 11.5 Å². The zero-order valence-corrected chi connectivity index (χ0v) is 11.5. The van der Waals surface area contributed by atoms with Gasteiger partial charge in [-0.25, -0.2) is 0 Å². The maximum Gasteiger partial charge on any atom is 0.162 e. The first-order valence-corrected chi connectivity index (χ1v) is 6.28. The van der Waals surface area contributed by atoms with E-state index in [1.165, 1.54) is 11.1 Å². The maximum atomic E-state index is 10.0. The Bertz CT molecular complexity index is 579. The van der Waals surface area contributed by atoms with Gasteiger partial charge in [-0.05, 0) is 31.5 Å². The summed E-state index contributed by atoms with van der Waals surface area (Å²) < 4.78 is 5.10. The lowest BCUT2D eigenvalue weighted by molar-refractivity contribution is 0.371. The van der Waals surface area contributed by atoms with E-state index >= 15 is 0 Å². The Morgan fingerprint density at radius 1 is 1.16 bits per heavy atom. The molecule has 0 saturated carbocycles. The molecule has 2 rings (SSSR count). The highest BCUT2D eigenvalue weighted by Gasteiger charge is 2.07. The highest BCUT2D eigenvalue weighted by Crippen LogP contribution is 2.30. The van der Waals surface area contributed by atoms with Crippen LogP contribution in [-0.2, 0) is 6.54 Å². The van der Waals surface area contributed by atoms with Gasteiger partial charge in [-0.3, -0.25) is 0 Å². The molecule has 100 valence electrons. The third kappa shape index (κ3) is 2.99. The quantitative estimate of drug-likeness (QED) is 0.878. The minimum absolute atomic E-state index is 0.197. The van der Waals surface area contributed by atoms with Crippen molar-refractivity contribution in [3.63, 3.8) is 0 Å². The Balaban J connectivity index is 2.14. The molecule has 0 radical (unpaired) electrons. The van der Waals surface area contributed by atoms with Crippen LogP contribution in [0.15, 0.2) is 36.4 Å². The average Bonchev–Trinajstić information content (AvgIpc) is 2.39. The number of aromatic hydroxyl groups is 1. The van der Waals surface area contributed by atoms with Crippen molar-refractivity contribution in [3.05, 3.63) is 53.1 Å². The van der Waals surface area contributed by atoms with Crippen LogP contribution in [0.4, 0.5) is 5.69 Å². The van der Waals surface area contributed by atoms with Gasteiger partial charge >= 0.3 is 0 Å². The molecule has 0 unspecified atom stereocenters. The molecule has 0 amide bonds. The minimum Gasteiger partial charge on any atom is -0.504 e. The van der Waals surface area contributed by atoms with Gasteiger partial charge in [0.1, 0.15) is 0 Å². The van der Waals surface area contributed by atoms with Crippen LogP contribution < -0.4 is 10.1 Å². The number of ether oxygens (including phenoxy) is 1. The Morgan fingerprint density at radius 2 is 1.95 bits per heavy atom. The molecule has 0 saturated heterocycles. The number of rotatable bonds is 4. The van der Waals surface area contributed by atoms with Gasteiger partial charge in [-0.1, -0.05) is 29.8 Å². The normalized spacial score (nSPS) is 10.3. The fourth-order valence-corrected chi connectivity index (χ4v) is 2.08. The first-order valence-electron chi connectivity index (χ1n) is 6.28. The summed E-state index contributed by atoms with van der Waals surface area (Å²) in [6.45, 7) is 4.71. The van der Waals surface area contributed by atoms with Gasteiger partial charge in [0.2, 0.25) is 0 Å². The standard InChI is InChI=1S/C16H19NO2/c1-11-7-8-14(12(2)9-11)17-10-13-5-4-6-15(19-3)16(13)18/h4-9,17-18H,10H2,1-3H3. The number of benzene rings is 2. The van der Waals surface area contributed by atoms with Gasteiger partial charge in [0.15, 0.2) is 11.5 Å². The Labute approximate surface area is 113 Å². The molecule has 3 nitrogen and oxygen atoms in total. The minimum atomic E-state index is 0.197. The third-order valence-corrected chi connectivity index (χ3v) is 3.15. The summed E-state index contributed by atoms with van der Waals surface area (Å²) >= 11 is 0. The Kier molecular flexibility index (Phi) is 3.95. The monoisotopic (exact) mass is 257 g/mol. The third-order valence-electron chi connectivity index (χ3n) is 3.15. The van der Waals surface area contributed by atoms with E-state index in [4.69, 9.17) is 4.74 Å². The second-order valence-electron chi connectivity index (χ2n) is 4.64. The Hall–Kier alpha value is -2.16. The summed E-state index contributed by atoms with van der Waals surface area (Å²) in [4.78, 5) is 0. The molecule has 2 aromatic carbocycles. The van der Waals surface area contributed by atoms with Gasteiger partial charge in [0, 0.05) is 17.8 Å². The number of phenols is 1. The van der Waals surface area contributed by atoms with Gasteiger partial charge in [-0.2, -0.15) is 0 Å². The smallest absolute Gasteiger partial charge is 0.162 e. The molecule has 0 aliphatic carbocycles. The molecule has 2 N–H and O–H groups in total. The van der Waals surface area contributed by atoms with Crippen molar-refractivity contribution in [2.45, 2.75) is 20.4 Å². The van der Waals surface area contributed by atoms with Crippen LogP contribution in [0.25, 0.3) is 0 Å². The molecule has 19 heavy (non-hydrogen) atoms. The second-order valence-corrected chi connectivity index (χ2v) is 4.64. The largest absolute Gasteiger partial charge is 0.504 e. The summed E-state index contributed by atoms with van der Waals surface area (Å²) in [6, 6.07) is 11.8. The van der Waals surface area contributed by atoms with E-state index in [0.717, 1.165) is 11.3 Å². The first kappa shape index (κ1) is 13.3. The Morgan fingerprint density at radius 3 is 2.63 bits per heavy atom. The van der Waals surface area contributed by atoms with Crippen LogP contribution in [0.1, 0.15) is 16.7 Å². The summed E-state index contributed by atoms with van der Waals surface area (Å²) in [5.74, 6) is 0.696. The predicted molar refractivity (Wildman–Crippen MR) is 77.9 cm³/mol. The van der Waals surface area contributed by atoms with Crippen LogP contribution in [0.2, 0.25) is 0 Å². The SMILES string of the molecule is COc1cccc(CNc2ccc(C)cc2C)c1O. The average molecular weight is 257 g/mol. The number of anilines is 1. The molecule has 2 aromatic rings. The summed E-state index contributed by atoms with van der Waals surface area (Å²) in [7, 11) is 1.55. The summed E-state index contributed by atoms with van der Waals surface area (Å²) in [6.07, 6.45) is 0. The van der Waals surface area contributed by atoms with Crippen molar-refractivity contribution < 1.29 is 9.84 Å². The zero-order valence-electron chi connectivity index (χ0n) is 11.5. The zero-order chi connectivity index (χ0) is 13.8. The van der Waals surface area contributed by atoms with E-state index in [0.29, 0.717) is 12.3 Å². The topological polar surface area (TPSA) is 41.5 Å². The van der Waals surface area contributed by atoms with E-state index in [1.807, 2.05) is 12.1 Å². The highest BCUT2D eigenvalue weighted by molar-refractivity contribution is 5.54. The molecule has 0 spiro atoms. The van der Waals surface area contributed by atoms with Crippen LogP contribution in [0.5, 0.6) is 11.5 Å². The van der Waals surface area contributed by atoms with Crippen molar-refractivity contribution in [1.29, 1.82) is 0 Å². The van der Waals surface area contributed by atoms with Crippen molar-refractivity contribution in [2.75, 3.05) is 12.4 Å². The molecular weight excluding hydrogens is 238 g/mol. The van der Waals surface area contributed by atoms with Crippen LogP contribution >= 0.6 is 0 Å². The van der Waals surface area contributed by atoms with Gasteiger partial charge in [-0.15, -0.1) is 0 Å². The highest BCUT2D eigenvalue weighted by atomic mass is 16.5. The van der Waals surface area contributed by atoms with Gasteiger partial charge < -0.3 is 15.2 Å². The van der Waals surface area contributed by atoms with Crippen LogP contribution in [0, 0.1) is 13.8 Å². The summed E-state index contributed by atoms with van der Waals surface area (Å²) in [5.41, 5.74) is 4.34. The van der Waals surface area contributed by atoms with E-state index in [9.17, 15) is 5.11 Å². The molecule has 0 aliphatic heterocycles. The fraction of sp³-hybridized carbons (Fsp3) is 0.250. The lowest BCUT2D eigenvalue weighted by atomic mass is 10.1. The molecule has 0 aromatic heterocycles. The number of phenolic OH excluding ortho intramolecular Hbond substituents is 1. The number of hydrogen-bond acceptors (Lipinski definition) is 3. The number of para-hydroxylation sites is 1. The number of nitrogens with one attached hydrogen (secondary N) is 1. The van der Waals surface area contributed by atoms with E-state index < -0.39 is 0 Å². The molecule has 0 aliphatic rings. The molecule has 0 bridgehead atoms. The lowest BCUT2D eigenvalue weighted by Crippen LogP contribution is -2.02. The predicted octanol–water partition coefficient (Wildman–Crippen LogP) is 3.63. The molecule has 0 atom stereocenters. The maximum absolute atomic E-state index is 10.0. The van der Waals surface area contributed by atoms with Crippen LogP contribution in [-0.4, -0.2) is 12.2 Å². The van der Waals surface area contributed by atoms with Crippen molar-refractivity contribution in [2.24, 2.45) is 0 Å². The molecule has 0 fully saturated rings. The second kappa shape index (κ2) is 5.65. The van der Waals surface area contributed by atoms with E-state index in [1.54, 1.807) is 13.2 Å². The fourth-order valence-electron chi connectivity index (χ4n) is 2.08. The molecule has 0 heterocycles. The van der Waals surface area contributed by atoms with Crippen molar-refractivity contribution in [1.82, 2.24) is 0 Å². The molecule has 3 heteroatoms. The number of methoxy groups -OCH3 is 1. The number of aryl methyl sites for hydroxylation is 2. The van der Waals surface area contributed by atoms with Gasteiger partial charge in [0.05, 0.1) is 7.11 Å². The van der Waals surface area contributed by atoms with Crippen molar-refractivity contribution >= 4 is 5.69 Å².